The summed E-state index contributed by atoms with van der Waals surface area (Å²) in [7, 11) is 0. The molecule has 42 heavy (non-hydrogen) atoms. The monoisotopic (exact) mass is 580 g/mol. The van der Waals surface area contributed by atoms with E-state index >= 15 is 0 Å². The van der Waals surface area contributed by atoms with Crippen LogP contribution >= 0.6 is 0 Å². The van der Waals surface area contributed by atoms with Crippen LogP contribution in [0.5, 0.6) is 0 Å². The van der Waals surface area contributed by atoms with Crippen LogP contribution in [-0.2, 0) is 39.0 Å². The van der Waals surface area contributed by atoms with Crippen LogP contribution in [-0.4, -0.2) is 0 Å². The van der Waals surface area contributed by atoms with Crippen molar-refractivity contribution < 1.29 is 21.7 Å². The summed E-state index contributed by atoms with van der Waals surface area (Å²) in [4.78, 5) is 0. The second kappa shape index (κ2) is 11.4. The molecule has 0 saturated carbocycles. The number of benzene rings is 5. The van der Waals surface area contributed by atoms with E-state index in [9.17, 15) is 0 Å². The maximum Gasteiger partial charge on any atom is 2.00 e. The minimum atomic E-state index is 0. The summed E-state index contributed by atoms with van der Waals surface area (Å²) >= 11 is 0. The molecular formula is C41H40Ti. The topological polar surface area (TPSA) is 0 Å². The SMILES string of the molecule is CC(C)(C)c1[c-]c2c(cc1)-c1cc(C(C)(C)C)ccc1C2.Cc1cc2cccc(-c3cccc4ccccc34)c2[cH-]1.[Ti+2]. The maximum atomic E-state index is 3.67. The maximum absolute atomic E-state index is 3.67. The van der Waals surface area contributed by atoms with Crippen molar-refractivity contribution in [2.45, 2.75) is 65.7 Å². The molecule has 6 aromatic carbocycles. The molecule has 0 amide bonds. The van der Waals surface area contributed by atoms with E-state index < -0.39 is 0 Å². The molecule has 0 aromatic heterocycles. The molecule has 1 heteroatoms. The van der Waals surface area contributed by atoms with E-state index in [0.717, 1.165) is 6.42 Å². The van der Waals surface area contributed by atoms with E-state index in [1.165, 1.54) is 71.6 Å². The molecule has 0 bridgehead atoms. The second-order valence-electron chi connectivity index (χ2n) is 13.7. The van der Waals surface area contributed by atoms with Crippen LogP contribution in [0.1, 0.15) is 69.4 Å². The molecule has 7 rings (SSSR count). The Kier molecular flexibility index (Phi) is 8.19. The van der Waals surface area contributed by atoms with Crippen LogP contribution in [0, 0.1) is 13.0 Å². The average Bonchev–Trinajstić information content (AvgIpc) is 3.50. The third-order valence-corrected chi connectivity index (χ3v) is 8.44. The third kappa shape index (κ3) is 5.81. The van der Waals surface area contributed by atoms with Gasteiger partial charge in [0.2, 0.25) is 0 Å². The van der Waals surface area contributed by atoms with E-state index in [0.29, 0.717) is 0 Å². The van der Waals surface area contributed by atoms with Gasteiger partial charge in [-0.1, -0.05) is 144 Å². The Bertz CT molecular complexity index is 1880. The first-order valence-corrected chi connectivity index (χ1v) is 14.8. The summed E-state index contributed by atoms with van der Waals surface area (Å²) in [6, 6.07) is 41.4. The van der Waals surface area contributed by atoms with Gasteiger partial charge in [-0.25, -0.2) is 0 Å². The summed E-state index contributed by atoms with van der Waals surface area (Å²) < 4.78 is 0. The van der Waals surface area contributed by atoms with Gasteiger partial charge in [0.25, 0.3) is 0 Å². The van der Waals surface area contributed by atoms with Gasteiger partial charge in [-0.3, -0.25) is 0 Å². The van der Waals surface area contributed by atoms with Crippen LogP contribution < -0.4 is 0 Å². The van der Waals surface area contributed by atoms with Crippen molar-refractivity contribution in [1.82, 2.24) is 0 Å². The Labute approximate surface area is 267 Å². The quantitative estimate of drug-likeness (QED) is 0.134. The molecule has 0 atom stereocenters. The molecule has 0 nitrogen and oxygen atoms in total. The Morgan fingerprint density at radius 2 is 1.31 bits per heavy atom. The van der Waals surface area contributed by atoms with Crippen molar-refractivity contribution >= 4 is 21.5 Å². The van der Waals surface area contributed by atoms with Crippen LogP contribution in [0.2, 0.25) is 0 Å². The molecule has 6 aromatic rings. The normalized spacial score (nSPS) is 12.4. The fourth-order valence-corrected chi connectivity index (χ4v) is 6.09. The molecule has 0 radical (unpaired) electrons. The van der Waals surface area contributed by atoms with Gasteiger partial charge in [-0.2, -0.15) is 29.8 Å². The molecule has 0 N–H and O–H groups in total. The summed E-state index contributed by atoms with van der Waals surface area (Å²) in [6.07, 6.45) is 1.03. The minimum absolute atomic E-state index is 0. The zero-order chi connectivity index (χ0) is 28.9. The molecule has 0 aliphatic heterocycles. The van der Waals surface area contributed by atoms with Crippen molar-refractivity contribution in [3.05, 3.63) is 137 Å². The molecule has 208 valence electrons. The molecule has 0 heterocycles. The van der Waals surface area contributed by atoms with E-state index in [4.69, 9.17) is 0 Å². The first-order valence-electron chi connectivity index (χ1n) is 14.8. The molecule has 0 spiro atoms. The van der Waals surface area contributed by atoms with Gasteiger partial charge in [-0.05, 0) is 33.6 Å². The van der Waals surface area contributed by atoms with Crippen molar-refractivity contribution in [1.29, 1.82) is 0 Å². The predicted octanol–water partition coefficient (Wildman–Crippen LogP) is 11.3. The van der Waals surface area contributed by atoms with Crippen LogP contribution in [0.4, 0.5) is 0 Å². The van der Waals surface area contributed by atoms with E-state index in [2.05, 4.69) is 158 Å². The Balaban J connectivity index is 0.000000164. The van der Waals surface area contributed by atoms with Gasteiger partial charge in [0, 0.05) is 0 Å². The smallest absolute Gasteiger partial charge is 0.175 e. The standard InChI is InChI=1S/C21H25.C20H15.Ti/c1-20(2,3)16-9-10-18-15(12-16)11-14-7-8-17(13-19(14)18)21(4,5)6;1-14-12-16-8-5-11-19(20(16)13-14)18-10-4-7-15-6-2-3-9-17(15)18;/h7-10,13H,11H2,1-6H3;2-13H,1H3;/q2*-1;+2. The van der Waals surface area contributed by atoms with Crippen LogP contribution in [0.15, 0.2) is 103 Å². The Hall–Kier alpha value is -3.32. The first-order chi connectivity index (χ1) is 19.5. The Morgan fingerprint density at radius 1 is 0.619 bits per heavy atom. The third-order valence-electron chi connectivity index (χ3n) is 8.44. The molecule has 0 unspecified atom stereocenters. The van der Waals surface area contributed by atoms with Gasteiger partial charge in [0.15, 0.2) is 0 Å². The van der Waals surface area contributed by atoms with Crippen molar-refractivity contribution in [2.75, 3.05) is 0 Å². The van der Waals surface area contributed by atoms with Gasteiger partial charge in [0.1, 0.15) is 0 Å². The molecular weight excluding hydrogens is 540 g/mol. The number of hydrogen-bond donors (Lipinski definition) is 0. The zero-order valence-corrected chi connectivity index (χ0v) is 27.6. The number of aryl methyl sites for hydroxylation is 1. The first kappa shape index (κ1) is 30.2. The minimum Gasteiger partial charge on any atom is -0.175 e. The van der Waals surface area contributed by atoms with Gasteiger partial charge in [-0.15, -0.1) is 39.6 Å². The van der Waals surface area contributed by atoms with Gasteiger partial charge < -0.3 is 0 Å². The van der Waals surface area contributed by atoms with E-state index in [1.54, 1.807) is 0 Å². The fraction of sp³-hybridized carbons (Fsp3) is 0.244. The summed E-state index contributed by atoms with van der Waals surface area (Å²) in [5.74, 6) is 0. The number of rotatable bonds is 1. The molecule has 1 aliphatic carbocycles. The predicted molar refractivity (Wildman–Crippen MR) is 178 cm³/mol. The molecule has 0 saturated heterocycles. The van der Waals surface area contributed by atoms with Crippen LogP contribution in [0.25, 0.3) is 43.8 Å². The molecule has 1 aliphatic rings. The largest absolute Gasteiger partial charge is 2.00 e. The van der Waals surface area contributed by atoms with E-state index in [1.807, 2.05) is 0 Å². The Morgan fingerprint density at radius 3 is 2.05 bits per heavy atom. The summed E-state index contributed by atoms with van der Waals surface area (Å²) in [5.41, 5.74) is 12.7. The van der Waals surface area contributed by atoms with Crippen molar-refractivity contribution in [2.24, 2.45) is 0 Å². The van der Waals surface area contributed by atoms with Crippen molar-refractivity contribution in [3.63, 3.8) is 0 Å². The second-order valence-corrected chi connectivity index (χ2v) is 13.7. The number of hydrogen-bond acceptors (Lipinski definition) is 0. The zero-order valence-electron chi connectivity index (χ0n) is 26.0. The van der Waals surface area contributed by atoms with Gasteiger partial charge >= 0.3 is 21.7 Å². The average molecular weight is 581 g/mol. The van der Waals surface area contributed by atoms with Crippen LogP contribution in [0.3, 0.4) is 0 Å². The summed E-state index contributed by atoms with van der Waals surface area (Å²) in [5, 5.41) is 5.29. The number of fused-ring (bicyclic) bond motifs is 5. The molecule has 0 fully saturated rings. The van der Waals surface area contributed by atoms with E-state index in [-0.39, 0.29) is 32.5 Å². The fourth-order valence-electron chi connectivity index (χ4n) is 6.09. The van der Waals surface area contributed by atoms with Crippen molar-refractivity contribution in [3.8, 4) is 22.3 Å². The summed E-state index contributed by atoms with van der Waals surface area (Å²) in [6.45, 7) is 15.8. The van der Waals surface area contributed by atoms with Gasteiger partial charge in [0.05, 0.1) is 0 Å².